The van der Waals surface area contributed by atoms with Crippen LogP contribution in [0.15, 0.2) is 39.6 Å². The monoisotopic (exact) mass is 339 g/mol. The van der Waals surface area contributed by atoms with Crippen LogP contribution in [0, 0.1) is 5.82 Å². The predicted octanol–water partition coefficient (Wildman–Crippen LogP) is 3.14. The summed E-state index contributed by atoms with van der Waals surface area (Å²) < 4.78 is 18.9. The minimum Gasteiger partial charge on any atom is -0.319 e. The van der Waals surface area contributed by atoms with Crippen molar-refractivity contribution in [1.29, 1.82) is 0 Å². The molecule has 3 rings (SSSR count). The highest BCUT2D eigenvalue weighted by atomic mass is 35.5. The lowest BCUT2D eigenvalue weighted by atomic mass is 10.2. The van der Waals surface area contributed by atoms with Gasteiger partial charge in [-0.2, -0.15) is 0 Å². The highest BCUT2D eigenvalue weighted by Gasteiger charge is 2.13. The third-order valence-electron chi connectivity index (χ3n) is 2.73. The molecule has 2 N–H and O–H groups in total. The molecular weight excluding hydrogens is 333 g/mol. The smallest absolute Gasteiger partial charge is 0.319 e. The highest BCUT2D eigenvalue weighted by molar-refractivity contribution is 7.18. The molecule has 6 nitrogen and oxygen atoms in total. The van der Waals surface area contributed by atoms with E-state index in [0.717, 1.165) is 17.4 Å². The van der Waals surface area contributed by atoms with Crippen LogP contribution >= 0.6 is 22.9 Å². The lowest BCUT2D eigenvalue weighted by molar-refractivity contribution is 0.103. The number of benzene rings is 1. The Labute approximate surface area is 131 Å². The Morgan fingerprint density at radius 1 is 1.36 bits per heavy atom. The van der Waals surface area contributed by atoms with Gasteiger partial charge in [0.1, 0.15) is 5.82 Å². The molecule has 0 atom stereocenters. The van der Waals surface area contributed by atoms with Crippen LogP contribution in [0.5, 0.6) is 0 Å². The van der Waals surface area contributed by atoms with Crippen molar-refractivity contribution in [3.8, 4) is 11.4 Å². The lowest BCUT2D eigenvalue weighted by Crippen LogP contribution is -2.11. The van der Waals surface area contributed by atoms with E-state index in [1.165, 1.54) is 12.1 Å². The van der Waals surface area contributed by atoms with E-state index < -0.39 is 17.5 Å². The molecule has 22 heavy (non-hydrogen) atoms. The summed E-state index contributed by atoms with van der Waals surface area (Å²) in [4.78, 5) is 25.5. The molecule has 1 amide bonds. The van der Waals surface area contributed by atoms with Gasteiger partial charge in [0.05, 0.1) is 14.9 Å². The fourth-order valence-corrected chi connectivity index (χ4v) is 2.68. The summed E-state index contributed by atoms with van der Waals surface area (Å²) in [7, 11) is 0. The fourth-order valence-electron chi connectivity index (χ4n) is 1.74. The van der Waals surface area contributed by atoms with Gasteiger partial charge in [0.25, 0.3) is 5.91 Å². The summed E-state index contributed by atoms with van der Waals surface area (Å²) in [5, 5.41) is 5.90. The number of hydrogen-bond donors (Lipinski definition) is 2. The number of anilines is 1. The van der Waals surface area contributed by atoms with E-state index >= 15 is 0 Å². The SMILES string of the molecule is O=C(Nc1ccc(-c2noc(=O)[nH]2)cc1F)c1ccc(Cl)s1. The van der Waals surface area contributed by atoms with Crippen LogP contribution in [0.3, 0.4) is 0 Å². The second-order valence-corrected chi connectivity index (χ2v) is 5.91. The Morgan fingerprint density at radius 2 is 2.18 bits per heavy atom. The van der Waals surface area contributed by atoms with Crippen LogP contribution in [0.25, 0.3) is 11.4 Å². The zero-order valence-electron chi connectivity index (χ0n) is 10.7. The van der Waals surface area contributed by atoms with Crippen LogP contribution in [0.1, 0.15) is 9.67 Å². The van der Waals surface area contributed by atoms with Crippen molar-refractivity contribution in [2.75, 3.05) is 5.32 Å². The molecule has 112 valence electrons. The van der Waals surface area contributed by atoms with Crippen LogP contribution in [-0.2, 0) is 0 Å². The molecule has 2 heterocycles. The Bertz CT molecular complexity index is 902. The molecule has 0 unspecified atom stereocenters. The van der Waals surface area contributed by atoms with Crippen molar-refractivity contribution in [2.24, 2.45) is 0 Å². The van der Waals surface area contributed by atoms with Gasteiger partial charge in [-0.3, -0.25) is 14.3 Å². The van der Waals surface area contributed by atoms with E-state index in [4.69, 9.17) is 11.6 Å². The minimum absolute atomic E-state index is 0.00381. The number of nitrogens with zero attached hydrogens (tertiary/aromatic N) is 1. The second kappa shape index (κ2) is 5.74. The number of hydrogen-bond acceptors (Lipinski definition) is 5. The van der Waals surface area contributed by atoms with Crippen molar-refractivity contribution in [3.05, 3.63) is 55.9 Å². The average Bonchev–Trinajstić information content (AvgIpc) is 3.10. The quantitative estimate of drug-likeness (QED) is 0.767. The number of rotatable bonds is 3. The van der Waals surface area contributed by atoms with Gasteiger partial charge in [-0.25, -0.2) is 9.18 Å². The maximum atomic E-state index is 14.0. The predicted molar refractivity (Wildman–Crippen MR) is 79.8 cm³/mol. The number of nitrogens with one attached hydrogen (secondary N) is 2. The van der Waals surface area contributed by atoms with Gasteiger partial charge in [0.2, 0.25) is 0 Å². The highest BCUT2D eigenvalue weighted by Crippen LogP contribution is 2.25. The topological polar surface area (TPSA) is 88.0 Å². The molecule has 0 aliphatic carbocycles. The van der Waals surface area contributed by atoms with Gasteiger partial charge in [0.15, 0.2) is 5.82 Å². The molecule has 3 aromatic rings. The molecule has 0 fully saturated rings. The van der Waals surface area contributed by atoms with Crippen molar-refractivity contribution in [2.45, 2.75) is 0 Å². The number of amides is 1. The second-order valence-electron chi connectivity index (χ2n) is 4.20. The number of H-pyrrole nitrogens is 1. The van der Waals surface area contributed by atoms with Crippen molar-refractivity contribution < 1.29 is 13.7 Å². The van der Waals surface area contributed by atoms with Crippen LogP contribution in [-0.4, -0.2) is 16.0 Å². The van der Waals surface area contributed by atoms with Gasteiger partial charge < -0.3 is 5.32 Å². The summed E-state index contributed by atoms with van der Waals surface area (Å²) in [5.74, 6) is -1.76. The van der Waals surface area contributed by atoms with E-state index in [-0.39, 0.29) is 11.5 Å². The van der Waals surface area contributed by atoms with E-state index in [0.29, 0.717) is 14.8 Å². The molecule has 0 radical (unpaired) electrons. The number of halogens is 2. The molecule has 1 aromatic carbocycles. The molecule has 0 bridgehead atoms. The zero-order chi connectivity index (χ0) is 15.7. The van der Waals surface area contributed by atoms with Crippen molar-refractivity contribution >= 4 is 34.5 Å². The van der Waals surface area contributed by atoms with Gasteiger partial charge in [-0.15, -0.1) is 11.3 Å². The van der Waals surface area contributed by atoms with Crippen LogP contribution in [0.2, 0.25) is 4.34 Å². The summed E-state index contributed by atoms with van der Waals surface area (Å²) in [6.45, 7) is 0. The average molecular weight is 340 g/mol. The standard InChI is InChI=1S/C13H7ClFN3O3S/c14-10-4-3-9(22-10)12(19)16-8-2-1-6(5-7(8)15)11-17-13(20)21-18-11/h1-5H,(H,16,19)(H,17,18,20). The molecule has 2 aromatic heterocycles. The van der Waals surface area contributed by atoms with Crippen molar-refractivity contribution in [1.82, 2.24) is 10.1 Å². The van der Waals surface area contributed by atoms with Crippen molar-refractivity contribution in [3.63, 3.8) is 0 Å². The zero-order valence-corrected chi connectivity index (χ0v) is 12.3. The molecule has 9 heteroatoms. The first-order valence-corrected chi connectivity index (χ1v) is 7.15. The molecule has 0 aliphatic heterocycles. The normalized spacial score (nSPS) is 10.6. The summed E-state index contributed by atoms with van der Waals surface area (Å²) >= 11 is 6.84. The minimum atomic E-state index is -0.734. The molecule has 0 spiro atoms. The van der Waals surface area contributed by atoms with Crippen LogP contribution in [0.4, 0.5) is 10.1 Å². The first-order chi connectivity index (χ1) is 10.5. The number of aromatic amines is 1. The summed E-state index contributed by atoms with van der Waals surface area (Å²) in [6, 6.07) is 7.12. The first-order valence-electron chi connectivity index (χ1n) is 5.95. The number of carbonyl (C=O) groups excluding carboxylic acids is 1. The summed E-state index contributed by atoms with van der Waals surface area (Å²) in [5.41, 5.74) is 0.324. The maximum Gasteiger partial charge on any atom is 0.439 e. The number of carbonyl (C=O) groups is 1. The van der Waals surface area contributed by atoms with E-state index in [2.05, 4.69) is 20.0 Å². The van der Waals surface area contributed by atoms with Gasteiger partial charge in [-0.1, -0.05) is 16.8 Å². The van der Waals surface area contributed by atoms with Gasteiger partial charge >= 0.3 is 5.76 Å². The van der Waals surface area contributed by atoms with E-state index in [9.17, 15) is 14.0 Å². The third kappa shape index (κ3) is 2.92. The third-order valence-corrected chi connectivity index (χ3v) is 3.96. The fraction of sp³-hybridized carbons (Fsp3) is 0. The molecule has 0 saturated heterocycles. The summed E-state index contributed by atoms with van der Waals surface area (Å²) in [6.07, 6.45) is 0. The van der Waals surface area contributed by atoms with Crippen LogP contribution < -0.4 is 11.1 Å². The number of thiophene rings is 1. The Morgan fingerprint density at radius 3 is 2.77 bits per heavy atom. The Balaban J connectivity index is 1.83. The van der Waals surface area contributed by atoms with E-state index in [1.807, 2.05) is 0 Å². The maximum absolute atomic E-state index is 14.0. The first kappa shape index (κ1) is 14.5. The Kier molecular flexibility index (Phi) is 3.78. The largest absolute Gasteiger partial charge is 0.439 e. The van der Waals surface area contributed by atoms with Gasteiger partial charge in [-0.05, 0) is 30.3 Å². The lowest BCUT2D eigenvalue weighted by Gasteiger charge is -2.06. The molecular formula is C13H7ClFN3O3S. The van der Waals surface area contributed by atoms with E-state index in [1.54, 1.807) is 12.1 Å². The van der Waals surface area contributed by atoms with Gasteiger partial charge in [0, 0.05) is 5.56 Å². The Hall–Kier alpha value is -2.45. The molecule has 0 saturated carbocycles. The number of aromatic nitrogens is 2. The molecule has 0 aliphatic rings.